The van der Waals surface area contributed by atoms with Gasteiger partial charge in [0.2, 0.25) is 0 Å². The van der Waals surface area contributed by atoms with Gasteiger partial charge in [-0.05, 0) is 12.3 Å². The number of hydrogen-bond acceptors (Lipinski definition) is 2. The monoisotopic (exact) mass is 185 g/mol. The van der Waals surface area contributed by atoms with Gasteiger partial charge >= 0.3 is 5.97 Å². The highest BCUT2D eigenvalue weighted by molar-refractivity contribution is 5.69. The molecule has 77 valence electrons. The Morgan fingerprint density at radius 1 is 1.31 bits per heavy atom. The SMILES string of the molecule is [CH2]CCCCCC(=O)OCC(C)C. The molecule has 13 heavy (non-hydrogen) atoms. The largest absolute Gasteiger partial charge is 0.465 e. The summed E-state index contributed by atoms with van der Waals surface area (Å²) in [5, 5.41) is 0. The standard InChI is InChI=1S/C11H21O2/c1-4-5-6-7-8-11(12)13-9-10(2)3/h10H,1,4-9H2,2-3H3. The first-order valence-electron chi connectivity index (χ1n) is 5.11. The van der Waals surface area contributed by atoms with Crippen LogP contribution in [0.2, 0.25) is 0 Å². The van der Waals surface area contributed by atoms with Crippen molar-refractivity contribution < 1.29 is 9.53 Å². The van der Waals surface area contributed by atoms with Crippen molar-refractivity contribution in [2.24, 2.45) is 5.92 Å². The van der Waals surface area contributed by atoms with Gasteiger partial charge in [0.15, 0.2) is 0 Å². The minimum absolute atomic E-state index is 0.0576. The first-order valence-corrected chi connectivity index (χ1v) is 5.11. The van der Waals surface area contributed by atoms with E-state index in [0.717, 1.165) is 25.7 Å². The van der Waals surface area contributed by atoms with Crippen LogP contribution >= 0.6 is 0 Å². The molecule has 2 nitrogen and oxygen atoms in total. The second kappa shape index (κ2) is 8.09. The van der Waals surface area contributed by atoms with Crippen LogP contribution in [0.5, 0.6) is 0 Å². The van der Waals surface area contributed by atoms with Crippen LogP contribution in [0.25, 0.3) is 0 Å². The van der Waals surface area contributed by atoms with E-state index in [1.54, 1.807) is 0 Å². The van der Waals surface area contributed by atoms with Gasteiger partial charge < -0.3 is 4.74 Å². The van der Waals surface area contributed by atoms with Crippen LogP contribution in [0.1, 0.15) is 46.0 Å². The summed E-state index contributed by atoms with van der Waals surface area (Å²) in [6.07, 6.45) is 4.65. The lowest BCUT2D eigenvalue weighted by atomic mass is 10.1. The fraction of sp³-hybridized carbons (Fsp3) is 0.818. The Bertz CT molecular complexity index is 130. The molecule has 0 aliphatic rings. The fourth-order valence-corrected chi connectivity index (χ4v) is 0.955. The van der Waals surface area contributed by atoms with E-state index in [4.69, 9.17) is 4.74 Å². The maximum absolute atomic E-state index is 11.1. The van der Waals surface area contributed by atoms with E-state index in [1.807, 2.05) is 13.8 Å². The zero-order chi connectivity index (χ0) is 10.1. The van der Waals surface area contributed by atoms with Crippen molar-refractivity contribution in [1.82, 2.24) is 0 Å². The van der Waals surface area contributed by atoms with Gasteiger partial charge in [-0.25, -0.2) is 0 Å². The summed E-state index contributed by atoms with van der Waals surface area (Å²) < 4.78 is 5.03. The Kier molecular flexibility index (Phi) is 7.76. The molecule has 0 aromatic rings. The van der Waals surface area contributed by atoms with Crippen LogP contribution in [0.4, 0.5) is 0 Å². The number of hydrogen-bond donors (Lipinski definition) is 0. The van der Waals surface area contributed by atoms with Crippen molar-refractivity contribution in [2.45, 2.75) is 46.0 Å². The fourth-order valence-electron chi connectivity index (χ4n) is 0.955. The van der Waals surface area contributed by atoms with Gasteiger partial charge in [0.25, 0.3) is 0 Å². The summed E-state index contributed by atoms with van der Waals surface area (Å²) in [5.41, 5.74) is 0. The minimum atomic E-state index is -0.0576. The second-order valence-electron chi connectivity index (χ2n) is 3.74. The maximum Gasteiger partial charge on any atom is 0.305 e. The summed E-state index contributed by atoms with van der Waals surface area (Å²) in [6.45, 7) is 8.37. The van der Waals surface area contributed by atoms with Crippen molar-refractivity contribution in [3.8, 4) is 0 Å². The van der Waals surface area contributed by atoms with E-state index in [0.29, 0.717) is 18.9 Å². The van der Waals surface area contributed by atoms with Gasteiger partial charge in [-0.15, -0.1) is 0 Å². The lowest BCUT2D eigenvalue weighted by Gasteiger charge is -2.06. The molecule has 0 bridgehead atoms. The number of ether oxygens (including phenoxy) is 1. The zero-order valence-electron chi connectivity index (χ0n) is 8.84. The van der Waals surface area contributed by atoms with E-state index in [2.05, 4.69) is 6.92 Å². The molecule has 0 aromatic carbocycles. The number of rotatable bonds is 7. The van der Waals surface area contributed by atoms with E-state index >= 15 is 0 Å². The molecule has 2 heteroatoms. The predicted octanol–water partition coefficient (Wildman–Crippen LogP) is 2.97. The molecule has 0 saturated heterocycles. The molecular formula is C11H21O2. The zero-order valence-corrected chi connectivity index (χ0v) is 8.84. The Balaban J connectivity index is 3.20. The van der Waals surface area contributed by atoms with Crippen LogP contribution in [0.3, 0.4) is 0 Å². The van der Waals surface area contributed by atoms with Crippen LogP contribution in [-0.4, -0.2) is 12.6 Å². The predicted molar refractivity (Wildman–Crippen MR) is 54.2 cm³/mol. The molecule has 0 rings (SSSR count). The topological polar surface area (TPSA) is 26.3 Å². The Labute approximate surface area is 81.7 Å². The summed E-state index contributed by atoms with van der Waals surface area (Å²) in [4.78, 5) is 11.1. The van der Waals surface area contributed by atoms with Crippen molar-refractivity contribution in [3.05, 3.63) is 6.92 Å². The highest BCUT2D eigenvalue weighted by Gasteiger charge is 2.03. The van der Waals surface area contributed by atoms with Gasteiger partial charge in [0.1, 0.15) is 0 Å². The summed E-state index contributed by atoms with van der Waals surface area (Å²) in [5.74, 6) is 0.376. The number of carbonyl (C=O) groups excluding carboxylic acids is 1. The Morgan fingerprint density at radius 2 is 2.00 bits per heavy atom. The molecule has 0 N–H and O–H groups in total. The molecule has 1 radical (unpaired) electrons. The Morgan fingerprint density at radius 3 is 2.54 bits per heavy atom. The highest BCUT2D eigenvalue weighted by atomic mass is 16.5. The second-order valence-corrected chi connectivity index (χ2v) is 3.74. The molecular weight excluding hydrogens is 164 g/mol. The normalized spacial score (nSPS) is 10.5. The quantitative estimate of drug-likeness (QED) is 0.450. The van der Waals surface area contributed by atoms with E-state index in [9.17, 15) is 4.79 Å². The molecule has 0 aliphatic heterocycles. The van der Waals surface area contributed by atoms with Gasteiger partial charge in [-0.2, -0.15) is 0 Å². The van der Waals surface area contributed by atoms with Gasteiger partial charge in [-0.1, -0.05) is 40.0 Å². The molecule has 0 aromatic heterocycles. The molecule has 0 saturated carbocycles. The van der Waals surface area contributed by atoms with Crippen molar-refractivity contribution in [3.63, 3.8) is 0 Å². The van der Waals surface area contributed by atoms with Crippen molar-refractivity contribution in [2.75, 3.05) is 6.61 Å². The minimum Gasteiger partial charge on any atom is -0.465 e. The Hall–Kier alpha value is -0.530. The third kappa shape index (κ3) is 9.38. The molecule has 0 spiro atoms. The van der Waals surface area contributed by atoms with E-state index in [1.165, 1.54) is 0 Å². The van der Waals surface area contributed by atoms with Gasteiger partial charge in [-0.3, -0.25) is 4.79 Å². The first-order chi connectivity index (χ1) is 6.16. The lowest BCUT2D eigenvalue weighted by molar-refractivity contribution is -0.144. The molecule has 0 unspecified atom stereocenters. The highest BCUT2D eigenvalue weighted by Crippen LogP contribution is 2.04. The third-order valence-electron chi connectivity index (χ3n) is 1.71. The van der Waals surface area contributed by atoms with Crippen LogP contribution < -0.4 is 0 Å². The van der Waals surface area contributed by atoms with E-state index in [-0.39, 0.29) is 5.97 Å². The van der Waals surface area contributed by atoms with Crippen LogP contribution in [0, 0.1) is 12.8 Å². The molecule has 0 amide bonds. The lowest BCUT2D eigenvalue weighted by Crippen LogP contribution is -2.09. The number of carbonyl (C=O) groups is 1. The first kappa shape index (κ1) is 12.5. The van der Waals surface area contributed by atoms with Crippen LogP contribution in [-0.2, 0) is 9.53 Å². The summed E-state index contributed by atoms with van der Waals surface area (Å²) in [6, 6.07) is 0. The summed E-state index contributed by atoms with van der Waals surface area (Å²) in [7, 11) is 0. The van der Waals surface area contributed by atoms with Crippen molar-refractivity contribution >= 4 is 5.97 Å². The number of unbranched alkanes of at least 4 members (excludes halogenated alkanes) is 3. The smallest absolute Gasteiger partial charge is 0.305 e. The molecule has 0 heterocycles. The molecule has 0 aliphatic carbocycles. The third-order valence-corrected chi connectivity index (χ3v) is 1.71. The van der Waals surface area contributed by atoms with Crippen LogP contribution in [0.15, 0.2) is 0 Å². The van der Waals surface area contributed by atoms with Crippen molar-refractivity contribution in [1.29, 1.82) is 0 Å². The van der Waals surface area contributed by atoms with E-state index < -0.39 is 0 Å². The average Bonchev–Trinajstić information content (AvgIpc) is 2.09. The molecule has 0 fully saturated rings. The average molecular weight is 185 g/mol. The maximum atomic E-state index is 11.1. The van der Waals surface area contributed by atoms with Gasteiger partial charge in [0, 0.05) is 6.42 Å². The number of esters is 1. The summed E-state index contributed by atoms with van der Waals surface area (Å²) >= 11 is 0. The molecule has 0 atom stereocenters. The van der Waals surface area contributed by atoms with Gasteiger partial charge in [0.05, 0.1) is 6.61 Å².